The van der Waals surface area contributed by atoms with Crippen molar-refractivity contribution in [2.45, 2.75) is 5.41 Å². The van der Waals surface area contributed by atoms with Gasteiger partial charge in [-0.1, -0.05) is 103 Å². The van der Waals surface area contributed by atoms with Gasteiger partial charge in [0.05, 0.1) is 0 Å². The molecule has 136 valence electrons. The van der Waals surface area contributed by atoms with Crippen molar-refractivity contribution in [3.63, 3.8) is 0 Å². The topological polar surface area (TPSA) is 17.1 Å². The molecule has 0 saturated carbocycles. The second-order valence-electron chi connectivity index (χ2n) is 7.69. The van der Waals surface area contributed by atoms with Crippen molar-refractivity contribution in [3.8, 4) is 0 Å². The lowest BCUT2D eigenvalue weighted by Crippen LogP contribution is -2.35. The lowest BCUT2D eigenvalue weighted by atomic mass is 9.69. The number of Topliss-reactive ketones (excluding diaryl/α,β-unsaturated/α-hetero) is 1. The highest BCUT2D eigenvalue weighted by Gasteiger charge is 2.50. The lowest BCUT2D eigenvalue weighted by molar-refractivity contribution is 0.0946. The first-order chi connectivity index (χ1) is 14.3. The van der Waals surface area contributed by atoms with Crippen LogP contribution >= 0.6 is 0 Å². The van der Waals surface area contributed by atoms with Gasteiger partial charge in [-0.25, -0.2) is 0 Å². The lowest BCUT2D eigenvalue weighted by Gasteiger charge is -2.30. The minimum Gasteiger partial charge on any atom is -0.292 e. The van der Waals surface area contributed by atoms with Gasteiger partial charge in [0.1, 0.15) is 5.41 Å². The molecule has 0 atom stereocenters. The van der Waals surface area contributed by atoms with Crippen molar-refractivity contribution in [1.29, 1.82) is 0 Å². The predicted octanol–water partition coefficient (Wildman–Crippen LogP) is 6.52. The third-order valence-corrected chi connectivity index (χ3v) is 6.27. The third-order valence-electron chi connectivity index (χ3n) is 6.27. The van der Waals surface area contributed by atoms with E-state index in [4.69, 9.17) is 0 Å². The minimum atomic E-state index is -0.825. The zero-order valence-electron chi connectivity index (χ0n) is 15.8. The Morgan fingerprint density at radius 1 is 0.552 bits per heavy atom. The van der Waals surface area contributed by atoms with E-state index in [9.17, 15) is 4.79 Å². The monoisotopic (exact) mass is 370 g/mol. The van der Waals surface area contributed by atoms with Gasteiger partial charge >= 0.3 is 0 Å². The summed E-state index contributed by atoms with van der Waals surface area (Å²) in [6.45, 7) is 0. The molecule has 0 N–H and O–H groups in total. The van der Waals surface area contributed by atoms with Crippen molar-refractivity contribution in [2.75, 3.05) is 0 Å². The average Bonchev–Trinajstić information content (AvgIpc) is 3.06. The van der Waals surface area contributed by atoms with E-state index in [0.29, 0.717) is 0 Å². The summed E-state index contributed by atoms with van der Waals surface area (Å²) in [5.74, 6) is 0.165. The molecular weight excluding hydrogens is 352 g/mol. The van der Waals surface area contributed by atoms with Crippen LogP contribution in [0.2, 0.25) is 0 Å². The Bertz CT molecular complexity index is 1360. The predicted molar refractivity (Wildman–Crippen MR) is 119 cm³/mol. The summed E-state index contributed by atoms with van der Waals surface area (Å²) in [7, 11) is 0. The summed E-state index contributed by atoms with van der Waals surface area (Å²) >= 11 is 0. The molecule has 5 aromatic carbocycles. The van der Waals surface area contributed by atoms with E-state index in [1.165, 1.54) is 0 Å². The molecule has 5 aromatic rings. The zero-order chi connectivity index (χ0) is 19.4. The summed E-state index contributed by atoms with van der Waals surface area (Å²) in [6, 6.07) is 37.2. The van der Waals surface area contributed by atoms with Crippen LogP contribution in [0.4, 0.5) is 0 Å². The Labute approximate surface area is 169 Å². The molecule has 1 aliphatic carbocycles. The van der Waals surface area contributed by atoms with Crippen molar-refractivity contribution in [1.82, 2.24) is 0 Å². The van der Waals surface area contributed by atoms with Gasteiger partial charge in [0.2, 0.25) is 0 Å². The normalized spacial score (nSPS) is 14.6. The molecule has 0 bridgehead atoms. The summed E-state index contributed by atoms with van der Waals surface area (Å²) in [5, 5.41) is 4.35. The maximum absolute atomic E-state index is 14.4. The van der Waals surface area contributed by atoms with Crippen LogP contribution in [0.1, 0.15) is 27.0 Å². The van der Waals surface area contributed by atoms with Gasteiger partial charge in [0.25, 0.3) is 0 Å². The van der Waals surface area contributed by atoms with Crippen LogP contribution in [0.5, 0.6) is 0 Å². The number of benzene rings is 5. The quantitative estimate of drug-likeness (QED) is 0.323. The molecule has 0 fully saturated rings. The Kier molecular flexibility index (Phi) is 3.30. The Morgan fingerprint density at radius 2 is 1.14 bits per heavy atom. The highest BCUT2D eigenvalue weighted by Crippen LogP contribution is 2.52. The average molecular weight is 370 g/mol. The summed E-state index contributed by atoms with van der Waals surface area (Å²) < 4.78 is 0. The summed E-state index contributed by atoms with van der Waals surface area (Å²) in [6.07, 6.45) is 0. The van der Waals surface area contributed by atoms with Crippen LogP contribution < -0.4 is 0 Å². The fourth-order valence-corrected chi connectivity index (χ4v) is 5.10. The third kappa shape index (κ3) is 2.02. The van der Waals surface area contributed by atoms with Gasteiger partial charge in [0.15, 0.2) is 5.78 Å². The van der Waals surface area contributed by atoms with Crippen LogP contribution in [-0.4, -0.2) is 5.78 Å². The first-order valence-corrected chi connectivity index (χ1v) is 9.92. The molecular formula is C28H18O. The molecule has 29 heavy (non-hydrogen) atoms. The fourth-order valence-electron chi connectivity index (χ4n) is 5.10. The van der Waals surface area contributed by atoms with E-state index in [1.807, 2.05) is 48.5 Å². The molecule has 0 aromatic heterocycles. The number of carbonyl (C=O) groups excluding carboxylic acids is 1. The van der Waals surface area contributed by atoms with E-state index in [1.54, 1.807) is 0 Å². The summed E-state index contributed by atoms with van der Waals surface area (Å²) in [5.41, 5.74) is 3.14. The van der Waals surface area contributed by atoms with Gasteiger partial charge in [-0.2, -0.15) is 0 Å². The molecule has 1 nitrogen and oxygen atoms in total. The molecule has 0 radical (unpaired) electrons. The Morgan fingerprint density at radius 3 is 1.83 bits per heavy atom. The number of carbonyl (C=O) groups is 1. The molecule has 0 aliphatic heterocycles. The van der Waals surface area contributed by atoms with E-state index in [2.05, 4.69) is 60.7 Å². The van der Waals surface area contributed by atoms with E-state index in [-0.39, 0.29) is 5.78 Å². The van der Waals surface area contributed by atoms with Crippen molar-refractivity contribution < 1.29 is 4.79 Å². The molecule has 0 heterocycles. The van der Waals surface area contributed by atoms with Crippen LogP contribution in [0.3, 0.4) is 0 Å². The second kappa shape index (κ2) is 5.89. The first kappa shape index (κ1) is 16.3. The smallest absolute Gasteiger partial charge is 0.183 e. The number of fused-ring (bicyclic) bond motifs is 2. The van der Waals surface area contributed by atoms with Gasteiger partial charge < -0.3 is 0 Å². The van der Waals surface area contributed by atoms with Crippen LogP contribution in [0, 0.1) is 0 Å². The molecule has 0 unspecified atom stereocenters. The number of hydrogen-bond donors (Lipinski definition) is 0. The first-order valence-electron chi connectivity index (χ1n) is 9.92. The van der Waals surface area contributed by atoms with E-state index in [0.717, 1.165) is 43.8 Å². The molecule has 0 amide bonds. The van der Waals surface area contributed by atoms with E-state index < -0.39 is 5.41 Å². The summed E-state index contributed by atoms with van der Waals surface area (Å²) in [4.78, 5) is 14.4. The molecule has 1 aliphatic rings. The Balaban J connectivity index is 1.84. The molecule has 0 spiro atoms. The minimum absolute atomic E-state index is 0.165. The second-order valence-corrected chi connectivity index (χ2v) is 7.69. The molecule has 1 heteroatoms. The maximum Gasteiger partial charge on any atom is 0.183 e. The zero-order valence-corrected chi connectivity index (χ0v) is 15.8. The van der Waals surface area contributed by atoms with Crippen molar-refractivity contribution in [2.24, 2.45) is 0 Å². The van der Waals surface area contributed by atoms with Crippen molar-refractivity contribution >= 4 is 27.3 Å². The van der Waals surface area contributed by atoms with Gasteiger partial charge in [0, 0.05) is 5.56 Å². The van der Waals surface area contributed by atoms with Crippen LogP contribution in [0.25, 0.3) is 21.5 Å². The highest BCUT2D eigenvalue weighted by molar-refractivity contribution is 6.29. The molecule has 0 saturated heterocycles. The largest absolute Gasteiger partial charge is 0.292 e. The standard InChI is InChI=1S/C28H18O/c29-27-26-23-16-8-7-10-19(23)18-20-11-9-17-24(25(20)26)28(27,21-12-3-1-4-13-21)22-14-5-2-6-15-22/h1-18H. The van der Waals surface area contributed by atoms with Crippen LogP contribution in [0.15, 0.2) is 109 Å². The maximum atomic E-state index is 14.4. The van der Waals surface area contributed by atoms with Gasteiger partial charge in [-0.05, 0) is 44.3 Å². The van der Waals surface area contributed by atoms with Crippen LogP contribution in [-0.2, 0) is 5.41 Å². The SMILES string of the molecule is O=C1c2c3ccccc3cc3cccc(c23)C1(c1ccccc1)c1ccccc1. The number of ketones is 1. The van der Waals surface area contributed by atoms with Gasteiger partial charge in [-0.3, -0.25) is 4.79 Å². The highest BCUT2D eigenvalue weighted by atomic mass is 16.1. The molecule has 6 rings (SSSR count). The van der Waals surface area contributed by atoms with Crippen molar-refractivity contribution in [3.05, 3.63) is 131 Å². The Hall–Kier alpha value is -3.71. The van der Waals surface area contributed by atoms with Gasteiger partial charge in [-0.15, -0.1) is 0 Å². The van der Waals surface area contributed by atoms with E-state index >= 15 is 0 Å². The number of hydrogen-bond acceptors (Lipinski definition) is 1. The fraction of sp³-hybridized carbons (Fsp3) is 0.0357. The number of rotatable bonds is 2.